The van der Waals surface area contributed by atoms with Gasteiger partial charge in [0.15, 0.2) is 11.5 Å². The average Bonchev–Trinajstić information content (AvgIpc) is 2.89. The summed E-state index contributed by atoms with van der Waals surface area (Å²) in [4.78, 5) is 11.7. The Morgan fingerprint density at radius 1 is 1.47 bits per heavy atom. The maximum absolute atomic E-state index is 11.7. The van der Waals surface area contributed by atoms with Crippen LogP contribution < -0.4 is 14.8 Å². The molecule has 1 aromatic rings. The van der Waals surface area contributed by atoms with Gasteiger partial charge in [-0.1, -0.05) is 12.1 Å². The van der Waals surface area contributed by atoms with Crippen LogP contribution in [0.25, 0.3) is 6.08 Å². The molecule has 96 valence electrons. The van der Waals surface area contributed by atoms with Crippen molar-refractivity contribution < 1.29 is 14.3 Å². The minimum Gasteiger partial charge on any atom is -0.454 e. The van der Waals surface area contributed by atoms with Crippen molar-refractivity contribution in [1.29, 1.82) is 5.26 Å². The van der Waals surface area contributed by atoms with Crippen molar-refractivity contribution in [1.82, 2.24) is 5.32 Å². The van der Waals surface area contributed by atoms with E-state index in [9.17, 15) is 4.79 Å². The molecule has 0 fully saturated rings. The van der Waals surface area contributed by atoms with Crippen molar-refractivity contribution in [3.8, 4) is 17.6 Å². The number of amides is 1. The molecule has 2 rings (SSSR count). The number of carbonyl (C=O) groups excluding carboxylic acids is 1. The molecule has 0 spiro atoms. The van der Waals surface area contributed by atoms with E-state index in [4.69, 9.17) is 14.7 Å². The predicted molar refractivity (Wildman–Crippen MR) is 69.4 cm³/mol. The standard InChI is InChI=1S/C14H12N2O3/c1-2-5-16-14(17)11(8-15)6-10-3-4-12-13(7-10)19-9-18-12/h2-4,6-7H,1,5,9H2,(H,16,17)/b11-6-. The van der Waals surface area contributed by atoms with E-state index in [1.54, 1.807) is 24.3 Å². The molecule has 1 N–H and O–H groups in total. The topological polar surface area (TPSA) is 71.4 Å². The van der Waals surface area contributed by atoms with Crippen LogP contribution in [0.3, 0.4) is 0 Å². The van der Waals surface area contributed by atoms with Crippen LogP contribution >= 0.6 is 0 Å². The SMILES string of the molecule is C=CCNC(=O)/C(C#N)=C\c1ccc2c(c1)OCO2. The molecule has 1 aliphatic heterocycles. The Labute approximate surface area is 110 Å². The molecule has 5 heteroatoms. The highest BCUT2D eigenvalue weighted by atomic mass is 16.7. The van der Waals surface area contributed by atoms with Crippen LogP contribution in [0.2, 0.25) is 0 Å². The molecule has 1 aliphatic rings. The van der Waals surface area contributed by atoms with Crippen LogP contribution in [-0.4, -0.2) is 19.2 Å². The Hall–Kier alpha value is -2.74. The van der Waals surface area contributed by atoms with Crippen molar-refractivity contribution in [3.05, 3.63) is 42.0 Å². The molecular weight excluding hydrogens is 244 g/mol. The van der Waals surface area contributed by atoms with Gasteiger partial charge in [-0.05, 0) is 23.8 Å². The van der Waals surface area contributed by atoms with E-state index in [1.807, 2.05) is 6.07 Å². The van der Waals surface area contributed by atoms with Gasteiger partial charge in [-0.25, -0.2) is 0 Å². The lowest BCUT2D eigenvalue weighted by molar-refractivity contribution is -0.116. The van der Waals surface area contributed by atoms with Gasteiger partial charge in [0.25, 0.3) is 5.91 Å². The molecule has 0 saturated carbocycles. The second kappa shape index (κ2) is 5.74. The van der Waals surface area contributed by atoms with Crippen LogP contribution in [-0.2, 0) is 4.79 Å². The molecule has 0 unspecified atom stereocenters. The number of fused-ring (bicyclic) bond motifs is 1. The molecular formula is C14H12N2O3. The van der Waals surface area contributed by atoms with Crippen molar-refractivity contribution in [2.45, 2.75) is 0 Å². The summed E-state index contributed by atoms with van der Waals surface area (Å²) in [5.74, 6) is 0.837. The highest BCUT2D eigenvalue weighted by molar-refractivity contribution is 6.01. The van der Waals surface area contributed by atoms with Crippen LogP contribution in [0.5, 0.6) is 11.5 Å². The van der Waals surface area contributed by atoms with Gasteiger partial charge in [-0.2, -0.15) is 5.26 Å². The van der Waals surface area contributed by atoms with E-state index in [-0.39, 0.29) is 12.4 Å². The van der Waals surface area contributed by atoms with Gasteiger partial charge < -0.3 is 14.8 Å². The lowest BCUT2D eigenvalue weighted by atomic mass is 10.1. The summed E-state index contributed by atoms with van der Waals surface area (Å²) in [6.45, 7) is 4.00. The van der Waals surface area contributed by atoms with E-state index >= 15 is 0 Å². The smallest absolute Gasteiger partial charge is 0.262 e. The highest BCUT2D eigenvalue weighted by Gasteiger charge is 2.14. The summed E-state index contributed by atoms with van der Waals surface area (Å²) in [5, 5.41) is 11.5. The minimum absolute atomic E-state index is 0.0284. The molecule has 0 aliphatic carbocycles. The van der Waals surface area contributed by atoms with Gasteiger partial charge in [-0.3, -0.25) is 4.79 Å². The number of hydrogen-bond acceptors (Lipinski definition) is 4. The van der Waals surface area contributed by atoms with Crippen LogP contribution in [0.4, 0.5) is 0 Å². The number of nitrogens with one attached hydrogen (secondary N) is 1. The molecule has 1 amide bonds. The van der Waals surface area contributed by atoms with Crippen LogP contribution in [0.15, 0.2) is 36.4 Å². The van der Waals surface area contributed by atoms with E-state index in [0.29, 0.717) is 23.6 Å². The zero-order valence-corrected chi connectivity index (χ0v) is 10.2. The van der Waals surface area contributed by atoms with Gasteiger partial charge in [0, 0.05) is 6.54 Å². The van der Waals surface area contributed by atoms with Gasteiger partial charge in [0.2, 0.25) is 6.79 Å². The molecule has 0 aromatic heterocycles. The van der Waals surface area contributed by atoms with Gasteiger partial charge in [-0.15, -0.1) is 6.58 Å². The first-order chi connectivity index (χ1) is 9.24. The van der Waals surface area contributed by atoms with Crippen molar-refractivity contribution in [2.75, 3.05) is 13.3 Å². The first kappa shape index (κ1) is 12.7. The summed E-state index contributed by atoms with van der Waals surface area (Å²) in [6.07, 6.45) is 3.05. The number of ether oxygens (including phenoxy) is 2. The van der Waals surface area contributed by atoms with Gasteiger partial charge in [0.05, 0.1) is 0 Å². The Kier molecular flexibility index (Phi) is 3.84. The first-order valence-corrected chi connectivity index (χ1v) is 5.65. The second-order valence-electron chi connectivity index (χ2n) is 3.78. The lowest BCUT2D eigenvalue weighted by Gasteiger charge is -2.01. The summed E-state index contributed by atoms with van der Waals surface area (Å²) < 4.78 is 10.4. The Bertz CT molecular complexity index is 585. The highest BCUT2D eigenvalue weighted by Crippen LogP contribution is 2.33. The van der Waals surface area contributed by atoms with Crippen LogP contribution in [0.1, 0.15) is 5.56 Å². The molecule has 5 nitrogen and oxygen atoms in total. The van der Waals surface area contributed by atoms with Crippen molar-refractivity contribution >= 4 is 12.0 Å². The lowest BCUT2D eigenvalue weighted by Crippen LogP contribution is -2.24. The monoisotopic (exact) mass is 256 g/mol. The number of hydrogen-bond donors (Lipinski definition) is 1. The van der Waals surface area contributed by atoms with E-state index < -0.39 is 5.91 Å². The Balaban J connectivity index is 2.21. The zero-order chi connectivity index (χ0) is 13.7. The number of carbonyl (C=O) groups is 1. The largest absolute Gasteiger partial charge is 0.454 e. The normalized spacial score (nSPS) is 12.7. The Morgan fingerprint density at radius 3 is 3.00 bits per heavy atom. The third kappa shape index (κ3) is 2.93. The first-order valence-electron chi connectivity index (χ1n) is 5.65. The number of nitriles is 1. The number of rotatable bonds is 4. The summed E-state index contributed by atoms with van der Waals surface area (Å²) in [7, 11) is 0. The van der Waals surface area contributed by atoms with E-state index in [0.717, 1.165) is 0 Å². The quantitative estimate of drug-likeness (QED) is 0.505. The van der Waals surface area contributed by atoms with E-state index in [1.165, 1.54) is 6.08 Å². The minimum atomic E-state index is -0.430. The third-order valence-corrected chi connectivity index (χ3v) is 2.48. The Morgan fingerprint density at radius 2 is 2.26 bits per heavy atom. The average molecular weight is 256 g/mol. The molecule has 0 bridgehead atoms. The maximum Gasteiger partial charge on any atom is 0.262 e. The molecule has 0 atom stereocenters. The molecule has 0 radical (unpaired) electrons. The predicted octanol–water partition coefficient (Wildman–Crippen LogP) is 1.62. The van der Waals surface area contributed by atoms with Crippen molar-refractivity contribution in [2.24, 2.45) is 0 Å². The number of benzene rings is 1. The summed E-state index contributed by atoms with van der Waals surface area (Å²) >= 11 is 0. The fourth-order valence-corrected chi connectivity index (χ4v) is 1.58. The van der Waals surface area contributed by atoms with Crippen LogP contribution in [0, 0.1) is 11.3 Å². The molecule has 19 heavy (non-hydrogen) atoms. The molecule has 1 aromatic carbocycles. The fourth-order valence-electron chi connectivity index (χ4n) is 1.58. The maximum atomic E-state index is 11.7. The molecule has 0 saturated heterocycles. The number of nitrogens with zero attached hydrogens (tertiary/aromatic N) is 1. The van der Waals surface area contributed by atoms with Gasteiger partial charge in [0.1, 0.15) is 11.6 Å². The second-order valence-corrected chi connectivity index (χ2v) is 3.78. The van der Waals surface area contributed by atoms with Crippen molar-refractivity contribution in [3.63, 3.8) is 0 Å². The fraction of sp³-hybridized carbons (Fsp3) is 0.143. The third-order valence-electron chi connectivity index (χ3n) is 2.48. The molecule has 1 heterocycles. The summed E-state index contributed by atoms with van der Waals surface area (Å²) in [6, 6.07) is 7.09. The zero-order valence-electron chi connectivity index (χ0n) is 10.2. The van der Waals surface area contributed by atoms with Gasteiger partial charge >= 0.3 is 0 Å². The summed E-state index contributed by atoms with van der Waals surface area (Å²) in [5.41, 5.74) is 0.732. The van der Waals surface area contributed by atoms with E-state index in [2.05, 4.69) is 11.9 Å².